The third kappa shape index (κ3) is 11.4. The number of aryl methyl sites for hydroxylation is 1. The number of aromatic nitrogens is 2. The first-order valence-corrected chi connectivity index (χ1v) is 5.91. The van der Waals surface area contributed by atoms with Crippen LogP contribution in [0.1, 0.15) is 5.82 Å². The molecular formula is C7H13F6N2OP. The normalized spacial score (nSPS) is 12.8. The molecule has 10 heteroatoms. The van der Waals surface area contributed by atoms with Crippen LogP contribution < -0.4 is 9.27 Å². The van der Waals surface area contributed by atoms with Crippen molar-refractivity contribution < 1.29 is 35.4 Å². The van der Waals surface area contributed by atoms with E-state index in [4.69, 9.17) is 5.11 Å². The van der Waals surface area contributed by atoms with E-state index in [0.29, 0.717) is 6.54 Å². The fourth-order valence-corrected chi connectivity index (χ4v) is 0.943. The second-order valence-corrected chi connectivity index (χ2v) is 4.29. The first-order chi connectivity index (χ1) is 6.99. The van der Waals surface area contributed by atoms with Gasteiger partial charge in [0.25, 0.3) is 5.82 Å². The summed E-state index contributed by atoms with van der Waals surface area (Å²) < 4.78 is 53.2. The minimum absolute atomic E-state index is 0. The molecule has 1 N–H and O–H groups in total. The Hall–Kier alpha value is -0.820. The zero-order valence-electron chi connectivity index (χ0n) is 9.13. The Morgan fingerprint density at radius 2 is 1.71 bits per heavy atom. The summed E-state index contributed by atoms with van der Waals surface area (Å²) in [6.07, 6.45) is 3.94. The molecule has 0 aliphatic heterocycles. The summed E-state index contributed by atoms with van der Waals surface area (Å²) in [5.74, 6) is 1.16. The molecule has 0 atom stereocenters. The van der Waals surface area contributed by atoms with Crippen molar-refractivity contribution >= 4 is 8.16 Å². The van der Waals surface area contributed by atoms with E-state index in [9.17, 15) is 21.0 Å². The fraction of sp³-hybridized carbons (Fsp3) is 0.571. The number of nitrogens with zero attached hydrogens (tertiary/aromatic N) is 2. The topological polar surface area (TPSA) is 29.0 Å². The molecule has 1 aromatic rings. The number of hydrogen-bond donors (Lipinski definition) is 1. The number of rotatable bonds is 2. The van der Waals surface area contributed by atoms with Crippen molar-refractivity contribution in [2.75, 3.05) is 6.61 Å². The van der Waals surface area contributed by atoms with E-state index in [0.717, 1.165) is 5.82 Å². The fourth-order valence-electron chi connectivity index (χ4n) is 0.943. The third-order valence-electron chi connectivity index (χ3n) is 1.74. The Morgan fingerprint density at radius 1 is 1.29 bits per heavy atom. The van der Waals surface area contributed by atoms with Crippen LogP contribution in [0.5, 0.6) is 0 Å². The van der Waals surface area contributed by atoms with Crippen molar-refractivity contribution in [2.45, 2.75) is 13.5 Å². The van der Waals surface area contributed by atoms with Crippen molar-refractivity contribution in [3.05, 3.63) is 18.2 Å². The molecule has 0 amide bonds. The van der Waals surface area contributed by atoms with Crippen LogP contribution in [0.2, 0.25) is 0 Å². The minimum Gasteiger partial charge on any atom is -1.00 e. The summed E-state index contributed by atoms with van der Waals surface area (Å²) in [4.78, 5) is 0. The number of aliphatic hydroxyl groups excluding tert-OH is 1. The predicted molar refractivity (Wildman–Crippen MR) is 49.9 cm³/mol. The van der Waals surface area contributed by atoms with Gasteiger partial charge in [0, 0.05) is 6.92 Å². The Morgan fingerprint density at radius 3 is 1.94 bits per heavy atom. The molecule has 104 valence electrons. The van der Waals surface area contributed by atoms with Gasteiger partial charge in [-0.2, -0.15) is 0 Å². The van der Waals surface area contributed by atoms with Gasteiger partial charge in [0.2, 0.25) is 0 Å². The number of halogens is 6. The van der Waals surface area contributed by atoms with Gasteiger partial charge in [-0.15, -0.1) is 0 Å². The van der Waals surface area contributed by atoms with Gasteiger partial charge < -0.3 is 9.81 Å². The molecule has 1 rings (SSSR count). The molecule has 0 radical (unpaired) electrons. The van der Waals surface area contributed by atoms with Crippen LogP contribution in [0.3, 0.4) is 0 Å². The summed E-state index contributed by atoms with van der Waals surface area (Å²) in [6.45, 7) is 2.91. The molecular weight excluding hydrogens is 273 g/mol. The smallest absolute Gasteiger partial charge is 1.00 e. The zero-order chi connectivity index (χ0) is 13.0. The van der Waals surface area contributed by atoms with E-state index >= 15 is 0 Å². The zero-order valence-corrected chi connectivity index (χ0v) is 10.0. The first kappa shape index (κ1) is 18.5. The monoisotopic (exact) mass is 286 g/mol. The van der Waals surface area contributed by atoms with E-state index in [-0.39, 0.29) is 11.3 Å². The summed E-state index contributed by atoms with van der Waals surface area (Å²) >= 11 is 0. The number of hydrogen-bond acceptors (Lipinski definition) is 1. The van der Waals surface area contributed by atoms with Crippen LogP contribution in [0.4, 0.5) is 21.0 Å². The Balaban J connectivity index is 0. The quantitative estimate of drug-likeness (QED) is 0.446. The van der Waals surface area contributed by atoms with Crippen molar-refractivity contribution in [3.8, 4) is 0 Å². The van der Waals surface area contributed by atoms with Gasteiger partial charge in [0.05, 0.1) is 13.7 Å². The Labute approximate surface area is 94.4 Å². The second kappa shape index (κ2) is 6.20. The molecule has 1 heterocycles. The third-order valence-corrected chi connectivity index (χ3v) is 1.74. The van der Waals surface area contributed by atoms with Crippen LogP contribution in [0, 0.1) is 6.92 Å². The van der Waals surface area contributed by atoms with E-state index in [1.807, 2.05) is 35.5 Å². The average Bonchev–Trinajstić information content (AvgIpc) is 2.32. The van der Waals surface area contributed by atoms with Gasteiger partial charge in [-0.05, 0) is 0 Å². The molecule has 0 bridgehead atoms. The minimum atomic E-state index is -8.55. The van der Waals surface area contributed by atoms with Gasteiger partial charge in [-0.3, -0.25) is 0 Å². The largest absolute Gasteiger partial charge is 1.00 e. The van der Waals surface area contributed by atoms with Crippen LogP contribution in [-0.4, -0.2) is 16.3 Å². The van der Waals surface area contributed by atoms with Gasteiger partial charge in [0.1, 0.15) is 18.9 Å². The van der Waals surface area contributed by atoms with Crippen LogP contribution in [-0.2, 0) is 13.6 Å². The summed E-state index contributed by atoms with van der Waals surface area (Å²) in [7, 11) is -6.56. The number of aliphatic hydroxyl groups is 1. The maximum Gasteiger partial charge on any atom is -1.00 e. The van der Waals surface area contributed by atoms with E-state index < -0.39 is 8.16 Å². The van der Waals surface area contributed by atoms with E-state index in [1.165, 1.54) is 0 Å². The molecule has 0 fully saturated rings. The average molecular weight is 286 g/mol. The van der Waals surface area contributed by atoms with Crippen LogP contribution in [0.15, 0.2) is 12.4 Å². The maximum atomic E-state index is 9.84. The summed E-state index contributed by atoms with van der Waals surface area (Å²) in [5, 5.41) is 8.62. The molecule has 0 unspecified atom stereocenters. The van der Waals surface area contributed by atoms with Gasteiger partial charge >= 0.3 is 29.1 Å². The SMILES string of the molecule is Cc1n(CCO)cc[n+]1C.FP(F)(F)(F)F.[F-]. The van der Waals surface area contributed by atoms with Crippen molar-refractivity contribution in [1.29, 1.82) is 0 Å². The molecule has 3 nitrogen and oxygen atoms in total. The van der Waals surface area contributed by atoms with E-state index in [2.05, 4.69) is 0 Å². The van der Waals surface area contributed by atoms with Crippen molar-refractivity contribution in [1.82, 2.24) is 4.57 Å². The predicted octanol–water partition coefficient (Wildman–Crippen LogP) is -0.420. The van der Waals surface area contributed by atoms with Gasteiger partial charge in [0.15, 0.2) is 0 Å². The summed E-state index contributed by atoms with van der Waals surface area (Å²) in [5.41, 5.74) is 0. The molecule has 1 aromatic heterocycles. The first-order valence-electron chi connectivity index (χ1n) is 4.22. The van der Waals surface area contributed by atoms with Gasteiger partial charge in [-0.25, -0.2) is 9.13 Å². The summed E-state index contributed by atoms with van der Waals surface area (Å²) in [6, 6.07) is 0. The second-order valence-electron chi connectivity index (χ2n) is 3.01. The molecule has 0 aromatic carbocycles. The Kier molecular flexibility index (Phi) is 6.77. The van der Waals surface area contributed by atoms with Crippen LogP contribution >= 0.6 is 8.16 Å². The van der Waals surface area contributed by atoms with Crippen LogP contribution in [0.25, 0.3) is 0 Å². The van der Waals surface area contributed by atoms with Crippen molar-refractivity contribution in [2.24, 2.45) is 7.05 Å². The maximum absolute atomic E-state index is 9.84. The molecule has 17 heavy (non-hydrogen) atoms. The molecule has 0 saturated carbocycles. The molecule has 0 saturated heterocycles. The molecule has 0 spiro atoms. The molecule has 0 aliphatic carbocycles. The molecule has 0 aliphatic rings. The standard InChI is InChI=1S/C7H13N2O.F5P.FH/c1-7-8(2)3-4-9(7)5-6-10;1-6(2,3,4)5;/h3-4,10H,5-6H2,1-2H3;;1H/q+1;;/p-1. The van der Waals surface area contributed by atoms with E-state index in [1.54, 1.807) is 0 Å². The van der Waals surface area contributed by atoms with Crippen molar-refractivity contribution in [3.63, 3.8) is 0 Å². The Bertz CT molecular complexity index is 331. The number of imidazole rings is 1. The van der Waals surface area contributed by atoms with Gasteiger partial charge in [-0.1, -0.05) is 0 Å².